The minimum Gasteiger partial charge on any atom is -1.00 e. The Morgan fingerprint density at radius 1 is 0.743 bits per heavy atom. The average molecular weight is 589 g/mol. The zero-order valence-corrected chi connectivity index (χ0v) is 26.9. The van der Waals surface area contributed by atoms with E-state index in [1.807, 2.05) is 0 Å². The van der Waals surface area contributed by atoms with E-state index in [0.29, 0.717) is 0 Å². The minimum atomic E-state index is 0. The zero-order chi connectivity index (χ0) is 23.5. The summed E-state index contributed by atoms with van der Waals surface area (Å²) < 4.78 is 0. The van der Waals surface area contributed by atoms with Crippen LogP contribution in [0.5, 0.6) is 0 Å². The van der Waals surface area contributed by atoms with Gasteiger partial charge in [0.15, 0.2) is 0 Å². The van der Waals surface area contributed by atoms with Crippen LogP contribution in [0.25, 0.3) is 21.5 Å². The first-order valence-corrected chi connectivity index (χ1v) is 12.5. The van der Waals surface area contributed by atoms with Gasteiger partial charge in [0.1, 0.15) is 0 Å². The van der Waals surface area contributed by atoms with Crippen molar-refractivity contribution in [3.05, 3.63) is 76.9 Å². The standard InChI is InChI=1S/C21H25.C11H17.2ClH.Zr/c1-20(2,3)16-7-9-18-14(12-16)11-15-13-17(21(4,5)6)8-10-19(15)18;1-3-5-10-7-8-11(9-10)6-4-2;;;/h7-13H,1-6H3;9H,3-7H2,1-2H3;2*1H;/q2*-1;;;+4/p-2. The molecule has 3 aromatic carbocycles. The van der Waals surface area contributed by atoms with Crippen LogP contribution in [0, 0.1) is 6.08 Å². The molecule has 188 valence electrons. The first kappa shape index (κ1) is 34.3. The van der Waals surface area contributed by atoms with Crippen molar-refractivity contribution >= 4 is 21.5 Å². The molecule has 35 heavy (non-hydrogen) atoms. The van der Waals surface area contributed by atoms with Crippen LogP contribution in [0.4, 0.5) is 0 Å². The third kappa shape index (κ3) is 8.95. The van der Waals surface area contributed by atoms with Crippen LogP contribution in [0.3, 0.4) is 0 Å². The van der Waals surface area contributed by atoms with Gasteiger partial charge in [-0.05, 0) is 17.3 Å². The van der Waals surface area contributed by atoms with Gasteiger partial charge in [-0.25, -0.2) is 11.6 Å². The number of rotatable bonds is 4. The summed E-state index contributed by atoms with van der Waals surface area (Å²) in [5.74, 6) is 0. The van der Waals surface area contributed by atoms with E-state index in [-0.39, 0.29) is 61.8 Å². The van der Waals surface area contributed by atoms with Crippen LogP contribution in [-0.2, 0) is 37.0 Å². The average Bonchev–Trinajstić information content (AvgIpc) is 3.30. The molecule has 0 amide bonds. The second-order valence-corrected chi connectivity index (χ2v) is 11.4. The van der Waals surface area contributed by atoms with Crippen LogP contribution in [0.15, 0.2) is 59.7 Å². The van der Waals surface area contributed by atoms with Crippen LogP contribution in [0.1, 0.15) is 98.6 Å². The monoisotopic (exact) mass is 586 g/mol. The van der Waals surface area contributed by atoms with E-state index in [0.717, 1.165) is 6.42 Å². The van der Waals surface area contributed by atoms with Gasteiger partial charge >= 0.3 is 26.2 Å². The predicted molar refractivity (Wildman–Crippen MR) is 144 cm³/mol. The maximum atomic E-state index is 3.42. The predicted octanol–water partition coefficient (Wildman–Crippen LogP) is 3.96. The maximum absolute atomic E-state index is 3.42. The van der Waals surface area contributed by atoms with Gasteiger partial charge in [0, 0.05) is 0 Å². The molecular weight excluding hydrogens is 546 g/mol. The van der Waals surface area contributed by atoms with Crippen molar-refractivity contribution in [2.45, 2.75) is 98.3 Å². The van der Waals surface area contributed by atoms with Crippen molar-refractivity contribution in [3.8, 4) is 0 Å². The third-order valence-electron chi connectivity index (χ3n) is 6.45. The molecule has 0 spiro atoms. The Labute approximate surface area is 246 Å². The number of halogens is 2. The summed E-state index contributed by atoms with van der Waals surface area (Å²) in [4.78, 5) is 0. The number of fused-ring (bicyclic) bond motifs is 3. The molecule has 0 radical (unpaired) electrons. The fourth-order valence-electron chi connectivity index (χ4n) is 4.44. The fraction of sp³-hybridized carbons (Fsp3) is 0.469. The molecular formula is C32H42Cl2Zr. The molecule has 0 heterocycles. The van der Waals surface area contributed by atoms with Crippen molar-refractivity contribution in [1.82, 2.24) is 0 Å². The topological polar surface area (TPSA) is 0 Å². The van der Waals surface area contributed by atoms with Crippen molar-refractivity contribution in [3.63, 3.8) is 0 Å². The van der Waals surface area contributed by atoms with Crippen molar-refractivity contribution in [2.75, 3.05) is 0 Å². The Hall–Kier alpha value is -0.747. The van der Waals surface area contributed by atoms with Crippen LogP contribution in [-0.4, -0.2) is 0 Å². The summed E-state index contributed by atoms with van der Waals surface area (Å²) in [6.45, 7) is 18.1. The zero-order valence-electron chi connectivity index (χ0n) is 22.9. The Balaban J connectivity index is 0.000000714. The van der Waals surface area contributed by atoms with E-state index >= 15 is 0 Å². The smallest absolute Gasteiger partial charge is 1.00 e. The van der Waals surface area contributed by atoms with E-state index in [2.05, 4.69) is 110 Å². The minimum absolute atomic E-state index is 0. The van der Waals surface area contributed by atoms with Crippen molar-refractivity contribution < 1.29 is 51.0 Å². The molecule has 0 atom stereocenters. The molecule has 0 fully saturated rings. The van der Waals surface area contributed by atoms with Gasteiger partial charge in [-0.15, -0.1) is 46.2 Å². The van der Waals surface area contributed by atoms with Gasteiger partial charge < -0.3 is 24.8 Å². The van der Waals surface area contributed by atoms with Gasteiger partial charge in [0.05, 0.1) is 0 Å². The number of hydrogen-bond acceptors (Lipinski definition) is 0. The van der Waals surface area contributed by atoms with E-state index in [1.54, 1.807) is 5.57 Å². The number of allylic oxidation sites excluding steroid dienone is 4. The molecule has 0 bridgehead atoms. The Morgan fingerprint density at radius 2 is 1.20 bits per heavy atom. The van der Waals surface area contributed by atoms with E-state index in [1.165, 1.54) is 63.9 Å². The van der Waals surface area contributed by atoms with Crippen molar-refractivity contribution in [1.29, 1.82) is 0 Å². The van der Waals surface area contributed by atoms with E-state index < -0.39 is 0 Å². The van der Waals surface area contributed by atoms with Gasteiger partial charge in [-0.3, -0.25) is 6.08 Å². The molecule has 0 unspecified atom stereocenters. The molecule has 1 aliphatic carbocycles. The molecule has 0 aromatic heterocycles. The van der Waals surface area contributed by atoms with Gasteiger partial charge in [0.25, 0.3) is 0 Å². The largest absolute Gasteiger partial charge is 4.00 e. The molecule has 0 nitrogen and oxygen atoms in total. The van der Waals surface area contributed by atoms with Crippen LogP contribution in [0.2, 0.25) is 0 Å². The van der Waals surface area contributed by atoms with Crippen molar-refractivity contribution in [2.24, 2.45) is 0 Å². The van der Waals surface area contributed by atoms with E-state index in [9.17, 15) is 0 Å². The number of benzene rings is 2. The number of hydrogen-bond donors (Lipinski definition) is 0. The second kappa shape index (κ2) is 14.3. The first-order valence-electron chi connectivity index (χ1n) is 12.5. The van der Waals surface area contributed by atoms with E-state index in [4.69, 9.17) is 0 Å². The molecule has 3 heteroatoms. The summed E-state index contributed by atoms with van der Waals surface area (Å²) in [6.07, 6.45) is 11.9. The quantitative estimate of drug-likeness (QED) is 0.405. The Morgan fingerprint density at radius 3 is 1.60 bits per heavy atom. The summed E-state index contributed by atoms with van der Waals surface area (Å²) in [5, 5.41) is 5.48. The molecule has 0 N–H and O–H groups in total. The summed E-state index contributed by atoms with van der Waals surface area (Å²) in [5.41, 5.74) is 6.23. The fourth-order valence-corrected chi connectivity index (χ4v) is 4.44. The summed E-state index contributed by atoms with van der Waals surface area (Å²) >= 11 is 0. The van der Waals surface area contributed by atoms with Crippen LogP contribution < -0.4 is 24.8 Å². The molecule has 0 saturated heterocycles. The molecule has 1 aliphatic rings. The SMILES string of the molecule is CC(C)(C)c1ccc2c(c1)[cH-]c1cc(C(C)(C)C)ccc12.CCCC1=[C-]CC(CCC)=C1.[Cl-].[Cl-].[Zr+4]. The second-order valence-electron chi connectivity index (χ2n) is 11.4. The summed E-state index contributed by atoms with van der Waals surface area (Å²) in [6, 6.07) is 16.2. The first-order chi connectivity index (χ1) is 15.0. The normalized spacial score (nSPS) is 13.1. The Kier molecular flexibility index (Phi) is 14.0. The van der Waals surface area contributed by atoms with Gasteiger partial charge in [-0.1, -0.05) is 110 Å². The Bertz CT molecular complexity index is 1070. The molecule has 4 rings (SSSR count). The molecule has 0 aliphatic heterocycles. The maximum Gasteiger partial charge on any atom is 4.00 e. The summed E-state index contributed by atoms with van der Waals surface area (Å²) in [7, 11) is 0. The molecule has 0 saturated carbocycles. The van der Waals surface area contributed by atoms with Gasteiger partial charge in [0.2, 0.25) is 0 Å². The molecule has 3 aromatic rings. The third-order valence-corrected chi connectivity index (χ3v) is 6.45. The van der Waals surface area contributed by atoms with Gasteiger partial charge in [-0.2, -0.15) is 5.57 Å². The van der Waals surface area contributed by atoms with Crippen LogP contribution >= 0.6 is 0 Å².